The Balaban J connectivity index is 2.21. The Kier molecular flexibility index (Phi) is 2.56. The van der Waals surface area contributed by atoms with Crippen LogP contribution in [0.2, 0.25) is 0 Å². The fourth-order valence-electron chi connectivity index (χ4n) is 2.02. The normalized spacial score (nSPS) is 12.9. The summed E-state index contributed by atoms with van der Waals surface area (Å²) in [5, 5.41) is 3.69. The predicted octanol–water partition coefficient (Wildman–Crippen LogP) is 1.80. The van der Waals surface area contributed by atoms with Gasteiger partial charge >= 0.3 is 0 Å². The number of hydrogen-bond donors (Lipinski definition) is 1. The van der Waals surface area contributed by atoms with Gasteiger partial charge in [-0.2, -0.15) is 0 Å². The fourth-order valence-corrected chi connectivity index (χ4v) is 2.02. The second-order valence-electron chi connectivity index (χ2n) is 3.87. The van der Waals surface area contributed by atoms with Gasteiger partial charge in [0.15, 0.2) is 11.5 Å². The number of methoxy groups -OCH3 is 1. The average Bonchev–Trinajstić information content (AvgIpc) is 2.98. The van der Waals surface area contributed by atoms with Gasteiger partial charge in [0.05, 0.1) is 18.4 Å². The third-order valence-electron chi connectivity index (χ3n) is 2.79. The molecule has 0 saturated carbocycles. The lowest BCUT2D eigenvalue weighted by Gasteiger charge is -2.10. The summed E-state index contributed by atoms with van der Waals surface area (Å²) >= 11 is 0. The molecule has 1 aromatic heterocycles. The van der Waals surface area contributed by atoms with Crippen molar-refractivity contribution in [1.82, 2.24) is 5.16 Å². The molecule has 2 heterocycles. The number of fused-ring (bicyclic) bond motifs is 1. The highest BCUT2D eigenvalue weighted by molar-refractivity contribution is 5.82. The minimum Gasteiger partial charge on any atom is -0.454 e. The van der Waals surface area contributed by atoms with E-state index < -0.39 is 0 Å². The standard InChI is InChI=1S/C12H12N2O4/c1-15-5-7-2-3-9-11(17-6-16-9)10(7)8-4-14-18-12(8)13/h2-4H,5-6,13H2,1H3. The van der Waals surface area contributed by atoms with Crippen LogP contribution in [-0.4, -0.2) is 19.1 Å². The van der Waals surface area contributed by atoms with Crippen molar-refractivity contribution in [3.63, 3.8) is 0 Å². The zero-order valence-electron chi connectivity index (χ0n) is 9.80. The maximum Gasteiger partial charge on any atom is 0.231 e. The van der Waals surface area contributed by atoms with Gasteiger partial charge in [-0.1, -0.05) is 11.2 Å². The minimum absolute atomic E-state index is 0.198. The third kappa shape index (κ3) is 1.58. The first-order chi connectivity index (χ1) is 8.81. The van der Waals surface area contributed by atoms with E-state index in [4.69, 9.17) is 24.5 Å². The number of aromatic nitrogens is 1. The highest BCUT2D eigenvalue weighted by Gasteiger charge is 2.24. The molecule has 0 fully saturated rings. The molecule has 0 bridgehead atoms. The first-order valence-electron chi connectivity index (χ1n) is 5.42. The van der Waals surface area contributed by atoms with Gasteiger partial charge in [-0.3, -0.25) is 0 Å². The number of nitrogen functional groups attached to an aromatic ring is 1. The largest absolute Gasteiger partial charge is 0.454 e. The molecule has 2 N–H and O–H groups in total. The van der Waals surface area contributed by atoms with E-state index in [2.05, 4.69) is 5.16 Å². The van der Waals surface area contributed by atoms with Crippen molar-refractivity contribution in [3.05, 3.63) is 23.9 Å². The van der Waals surface area contributed by atoms with Crippen molar-refractivity contribution in [2.45, 2.75) is 6.61 Å². The maximum atomic E-state index is 5.77. The minimum atomic E-state index is 0.198. The van der Waals surface area contributed by atoms with Gasteiger partial charge in [0.25, 0.3) is 0 Å². The van der Waals surface area contributed by atoms with Gasteiger partial charge in [-0.05, 0) is 11.6 Å². The summed E-state index contributed by atoms with van der Waals surface area (Å²) in [6.45, 7) is 0.639. The first-order valence-corrected chi connectivity index (χ1v) is 5.42. The van der Waals surface area contributed by atoms with Crippen LogP contribution in [0.3, 0.4) is 0 Å². The predicted molar refractivity (Wildman–Crippen MR) is 63.2 cm³/mol. The Morgan fingerprint density at radius 3 is 3.00 bits per heavy atom. The van der Waals surface area contributed by atoms with Crippen molar-refractivity contribution >= 4 is 5.88 Å². The quantitative estimate of drug-likeness (QED) is 0.892. The van der Waals surface area contributed by atoms with Crippen LogP contribution in [0.15, 0.2) is 22.9 Å². The molecular weight excluding hydrogens is 236 g/mol. The van der Waals surface area contributed by atoms with Crippen LogP contribution in [0, 0.1) is 0 Å². The van der Waals surface area contributed by atoms with Gasteiger partial charge in [0.1, 0.15) is 0 Å². The van der Waals surface area contributed by atoms with Crippen molar-refractivity contribution in [2.75, 3.05) is 19.6 Å². The average molecular weight is 248 g/mol. The molecule has 0 unspecified atom stereocenters. The SMILES string of the molecule is COCc1ccc2c(c1-c1cnoc1N)OCO2. The van der Waals surface area contributed by atoms with Crippen LogP contribution in [0.25, 0.3) is 11.1 Å². The van der Waals surface area contributed by atoms with Crippen LogP contribution in [-0.2, 0) is 11.3 Å². The molecule has 0 spiro atoms. The van der Waals surface area contributed by atoms with Gasteiger partial charge in [0.2, 0.25) is 12.7 Å². The van der Waals surface area contributed by atoms with Crippen LogP contribution in [0.5, 0.6) is 11.5 Å². The van der Waals surface area contributed by atoms with Crippen LogP contribution in [0.4, 0.5) is 5.88 Å². The smallest absolute Gasteiger partial charge is 0.231 e. The number of benzene rings is 1. The highest BCUT2D eigenvalue weighted by atomic mass is 16.7. The monoisotopic (exact) mass is 248 g/mol. The summed E-state index contributed by atoms with van der Waals surface area (Å²) in [6, 6.07) is 3.77. The molecule has 2 aromatic rings. The topological polar surface area (TPSA) is 79.7 Å². The molecule has 6 nitrogen and oxygen atoms in total. The lowest BCUT2D eigenvalue weighted by atomic mass is 10.0. The number of nitrogens with zero attached hydrogens (tertiary/aromatic N) is 1. The maximum absolute atomic E-state index is 5.77. The molecule has 6 heteroatoms. The molecule has 0 aliphatic carbocycles. The molecule has 0 amide bonds. The third-order valence-corrected chi connectivity index (χ3v) is 2.79. The zero-order chi connectivity index (χ0) is 12.5. The van der Waals surface area contributed by atoms with E-state index in [1.54, 1.807) is 13.3 Å². The van der Waals surface area contributed by atoms with Gasteiger partial charge in [-0.15, -0.1) is 0 Å². The van der Waals surface area contributed by atoms with E-state index in [9.17, 15) is 0 Å². The summed E-state index contributed by atoms with van der Waals surface area (Å²) in [5.41, 5.74) is 8.20. The van der Waals surface area contributed by atoms with E-state index >= 15 is 0 Å². The Labute approximate surface area is 103 Å². The summed E-state index contributed by atoms with van der Waals surface area (Å²) in [5.74, 6) is 1.58. The van der Waals surface area contributed by atoms with E-state index in [1.165, 1.54) is 0 Å². The Bertz CT molecular complexity index is 579. The second-order valence-corrected chi connectivity index (χ2v) is 3.87. The number of nitrogens with two attached hydrogens (primary N) is 1. The van der Waals surface area contributed by atoms with E-state index in [1.807, 2.05) is 12.1 Å². The molecule has 1 aliphatic heterocycles. The van der Waals surface area contributed by atoms with Crippen molar-refractivity contribution in [2.24, 2.45) is 0 Å². The van der Waals surface area contributed by atoms with E-state index in [0.717, 1.165) is 11.1 Å². The van der Waals surface area contributed by atoms with Gasteiger partial charge in [-0.25, -0.2) is 0 Å². The number of rotatable bonds is 3. The molecule has 0 radical (unpaired) electrons. The summed E-state index contributed by atoms with van der Waals surface area (Å²) in [7, 11) is 1.63. The van der Waals surface area contributed by atoms with Crippen molar-refractivity contribution in [1.29, 1.82) is 0 Å². The van der Waals surface area contributed by atoms with Gasteiger partial charge in [0, 0.05) is 12.7 Å². The number of anilines is 1. The molecular formula is C12H12N2O4. The summed E-state index contributed by atoms with van der Waals surface area (Å²) < 4.78 is 20.9. The molecule has 1 aromatic carbocycles. The van der Waals surface area contributed by atoms with Crippen LogP contribution in [0.1, 0.15) is 5.56 Å². The second kappa shape index (κ2) is 4.23. The van der Waals surface area contributed by atoms with Crippen LogP contribution >= 0.6 is 0 Å². The molecule has 94 valence electrons. The zero-order valence-corrected chi connectivity index (χ0v) is 9.80. The van der Waals surface area contributed by atoms with Crippen LogP contribution < -0.4 is 15.2 Å². The van der Waals surface area contributed by atoms with Crippen molar-refractivity contribution < 1.29 is 18.7 Å². The number of ether oxygens (including phenoxy) is 3. The Morgan fingerprint density at radius 1 is 1.39 bits per heavy atom. The Morgan fingerprint density at radius 2 is 2.28 bits per heavy atom. The summed E-state index contributed by atoms with van der Waals surface area (Å²) in [4.78, 5) is 0. The van der Waals surface area contributed by atoms with Gasteiger partial charge < -0.3 is 24.5 Å². The summed E-state index contributed by atoms with van der Waals surface area (Å²) in [6.07, 6.45) is 1.56. The van der Waals surface area contributed by atoms with E-state index in [-0.39, 0.29) is 12.7 Å². The van der Waals surface area contributed by atoms with Crippen molar-refractivity contribution in [3.8, 4) is 22.6 Å². The molecule has 3 rings (SSSR count). The first kappa shape index (κ1) is 10.9. The highest BCUT2D eigenvalue weighted by Crippen LogP contribution is 2.45. The number of hydrogen-bond acceptors (Lipinski definition) is 6. The lowest BCUT2D eigenvalue weighted by molar-refractivity contribution is 0.173. The van der Waals surface area contributed by atoms with E-state index in [0.29, 0.717) is 23.7 Å². The lowest BCUT2D eigenvalue weighted by Crippen LogP contribution is -1.96. The fraction of sp³-hybridized carbons (Fsp3) is 0.250. The molecule has 18 heavy (non-hydrogen) atoms. The molecule has 0 atom stereocenters. The molecule has 0 saturated heterocycles. The Hall–Kier alpha value is -2.21. The molecule has 1 aliphatic rings.